The zero-order valence-corrected chi connectivity index (χ0v) is 6.81. The fourth-order valence-electron chi connectivity index (χ4n) is 0.452. The van der Waals surface area contributed by atoms with Gasteiger partial charge in [-0.25, -0.2) is 0 Å². The van der Waals surface area contributed by atoms with Crippen LogP contribution >= 0.6 is 15.9 Å². The maximum Gasteiger partial charge on any atom is 0.378 e. The average molecular weight is 228 g/mol. The lowest BCUT2D eigenvalue weighted by atomic mass is 10.6. The average Bonchev–Trinajstić information content (AvgIpc) is 2.32. The van der Waals surface area contributed by atoms with Crippen molar-refractivity contribution in [2.75, 3.05) is 0 Å². The molecule has 0 atom stereocenters. The van der Waals surface area contributed by atoms with Crippen molar-refractivity contribution in [1.82, 2.24) is 10.1 Å². The van der Waals surface area contributed by atoms with Crippen LogP contribution in [-0.2, 0) is 11.4 Å². The molecular formula is C4H4BrF2N3O. The van der Waals surface area contributed by atoms with E-state index in [-0.39, 0.29) is 12.4 Å². The fraction of sp³-hybridized carbons (Fsp3) is 0.500. The number of halogens is 3. The van der Waals surface area contributed by atoms with Crippen molar-refractivity contribution < 1.29 is 13.3 Å². The van der Waals surface area contributed by atoms with Gasteiger partial charge in [-0.2, -0.15) is 13.8 Å². The Hall–Kier alpha value is -0.560. The van der Waals surface area contributed by atoms with E-state index in [4.69, 9.17) is 5.73 Å². The second kappa shape index (κ2) is 2.82. The van der Waals surface area contributed by atoms with E-state index in [1.807, 2.05) is 0 Å². The summed E-state index contributed by atoms with van der Waals surface area (Å²) in [5.74, 6) is -0.725. The van der Waals surface area contributed by atoms with Gasteiger partial charge in [-0.1, -0.05) is 5.16 Å². The summed E-state index contributed by atoms with van der Waals surface area (Å²) in [5, 5.41) is 3.18. The first kappa shape index (κ1) is 8.54. The van der Waals surface area contributed by atoms with Crippen LogP contribution in [0.4, 0.5) is 8.78 Å². The topological polar surface area (TPSA) is 64.9 Å². The number of rotatable bonds is 2. The Morgan fingerprint density at radius 2 is 2.27 bits per heavy atom. The van der Waals surface area contributed by atoms with Crippen molar-refractivity contribution in [3.63, 3.8) is 0 Å². The summed E-state index contributed by atoms with van der Waals surface area (Å²) in [6.07, 6.45) is 0. The smallest absolute Gasteiger partial charge is 0.331 e. The van der Waals surface area contributed by atoms with Crippen LogP contribution < -0.4 is 5.73 Å². The van der Waals surface area contributed by atoms with Gasteiger partial charge >= 0.3 is 10.7 Å². The first-order chi connectivity index (χ1) is 5.04. The molecule has 0 aliphatic carbocycles. The molecule has 1 rings (SSSR count). The van der Waals surface area contributed by atoms with Gasteiger partial charge in [0.25, 0.3) is 0 Å². The lowest BCUT2D eigenvalue weighted by Crippen LogP contribution is -2.04. The molecule has 0 radical (unpaired) electrons. The van der Waals surface area contributed by atoms with Crippen LogP contribution in [0.15, 0.2) is 4.52 Å². The molecule has 0 unspecified atom stereocenters. The third-order valence-corrected chi connectivity index (χ3v) is 1.23. The third kappa shape index (κ3) is 1.93. The minimum Gasteiger partial charge on any atom is -0.331 e. The SMILES string of the molecule is NCc1noc(C(F)(F)Br)n1. The van der Waals surface area contributed by atoms with E-state index in [1.165, 1.54) is 0 Å². The molecule has 2 N–H and O–H groups in total. The molecule has 0 spiro atoms. The first-order valence-electron chi connectivity index (χ1n) is 2.64. The van der Waals surface area contributed by atoms with Crippen LogP contribution in [-0.4, -0.2) is 10.1 Å². The standard InChI is InChI=1S/C4H4BrF2N3O/c5-4(6,7)3-9-2(1-8)10-11-3/h1,8H2. The number of alkyl halides is 3. The summed E-state index contributed by atoms with van der Waals surface area (Å²) in [4.78, 5) is 0.0299. The third-order valence-electron chi connectivity index (χ3n) is 0.893. The zero-order valence-electron chi connectivity index (χ0n) is 5.22. The van der Waals surface area contributed by atoms with Gasteiger partial charge in [0.2, 0.25) is 0 Å². The van der Waals surface area contributed by atoms with Crippen molar-refractivity contribution in [3.05, 3.63) is 11.7 Å². The summed E-state index contributed by atoms with van der Waals surface area (Å²) >= 11 is 2.06. The lowest BCUT2D eigenvalue weighted by Gasteiger charge is -1.98. The first-order valence-corrected chi connectivity index (χ1v) is 3.43. The highest BCUT2D eigenvalue weighted by atomic mass is 79.9. The van der Waals surface area contributed by atoms with Gasteiger partial charge in [-0.3, -0.25) is 0 Å². The van der Waals surface area contributed by atoms with E-state index < -0.39 is 10.7 Å². The molecule has 0 aliphatic heterocycles. The number of hydrogen-bond acceptors (Lipinski definition) is 4. The Morgan fingerprint density at radius 1 is 1.64 bits per heavy atom. The minimum absolute atomic E-state index is 0.0213. The van der Waals surface area contributed by atoms with Crippen molar-refractivity contribution >= 4 is 15.9 Å². The molecule has 0 aromatic carbocycles. The van der Waals surface area contributed by atoms with E-state index in [1.54, 1.807) is 0 Å². The summed E-state index contributed by atoms with van der Waals surface area (Å²) < 4.78 is 28.7. The predicted octanol–water partition coefficient (Wildman–Crippen LogP) is 0.973. The van der Waals surface area contributed by atoms with Crippen LogP contribution in [0.5, 0.6) is 0 Å². The van der Waals surface area contributed by atoms with Gasteiger partial charge < -0.3 is 10.3 Å². The number of hydrogen-bond donors (Lipinski definition) is 1. The Bertz CT molecular complexity index is 246. The molecule has 0 fully saturated rings. The summed E-state index contributed by atoms with van der Waals surface area (Å²) in [6, 6.07) is 0. The maximum absolute atomic E-state index is 12.3. The van der Waals surface area contributed by atoms with Crippen LogP contribution in [0.1, 0.15) is 11.7 Å². The number of nitrogens with zero attached hydrogens (tertiary/aromatic N) is 2. The molecule has 1 aromatic heterocycles. The maximum atomic E-state index is 12.3. The Labute approximate surface area is 68.9 Å². The molecule has 1 heterocycles. The highest BCUT2D eigenvalue weighted by Crippen LogP contribution is 2.32. The normalized spacial score (nSPS) is 12.0. The van der Waals surface area contributed by atoms with Crippen LogP contribution in [0.25, 0.3) is 0 Å². The molecule has 1 aromatic rings. The summed E-state index contributed by atoms with van der Waals surface area (Å²) in [5.41, 5.74) is 5.06. The molecule has 62 valence electrons. The molecule has 0 saturated carbocycles. The fourth-order valence-corrected chi connectivity index (χ4v) is 0.613. The number of aromatic nitrogens is 2. The van der Waals surface area contributed by atoms with E-state index in [9.17, 15) is 8.78 Å². The van der Waals surface area contributed by atoms with Gasteiger partial charge in [0.1, 0.15) is 0 Å². The van der Waals surface area contributed by atoms with E-state index in [0.717, 1.165) is 0 Å². The van der Waals surface area contributed by atoms with Crippen LogP contribution in [0, 0.1) is 0 Å². The predicted molar refractivity (Wildman–Crippen MR) is 35.0 cm³/mol. The summed E-state index contributed by atoms with van der Waals surface area (Å²) in [7, 11) is 0. The molecule has 7 heteroatoms. The molecule has 0 bridgehead atoms. The lowest BCUT2D eigenvalue weighted by molar-refractivity contribution is 0.0725. The van der Waals surface area contributed by atoms with Crippen molar-refractivity contribution in [3.8, 4) is 0 Å². The quantitative estimate of drug-likeness (QED) is 0.766. The Morgan fingerprint density at radius 3 is 2.55 bits per heavy atom. The molecule has 0 saturated heterocycles. The second-order valence-electron chi connectivity index (χ2n) is 1.72. The highest BCUT2D eigenvalue weighted by molar-refractivity contribution is 9.09. The van der Waals surface area contributed by atoms with Crippen molar-refractivity contribution in [2.24, 2.45) is 5.73 Å². The summed E-state index contributed by atoms with van der Waals surface area (Å²) in [6.45, 7) is -0.0213. The molecule has 4 nitrogen and oxygen atoms in total. The van der Waals surface area contributed by atoms with Crippen LogP contribution in [0.3, 0.4) is 0 Å². The van der Waals surface area contributed by atoms with Gasteiger partial charge in [0.05, 0.1) is 6.54 Å². The largest absolute Gasteiger partial charge is 0.378 e. The van der Waals surface area contributed by atoms with E-state index >= 15 is 0 Å². The van der Waals surface area contributed by atoms with Crippen LogP contribution in [0.2, 0.25) is 0 Å². The van der Waals surface area contributed by atoms with Crippen molar-refractivity contribution in [1.29, 1.82) is 0 Å². The number of nitrogens with two attached hydrogens (primary N) is 1. The highest BCUT2D eigenvalue weighted by Gasteiger charge is 2.34. The Kier molecular flexibility index (Phi) is 2.19. The zero-order chi connectivity index (χ0) is 8.48. The van der Waals surface area contributed by atoms with Gasteiger partial charge in [-0.05, 0) is 0 Å². The molecular weight excluding hydrogens is 224 g/mol. The molecule has 11 heavy (non-hydrogen) atoms. The minimum atomic E-state index is -3.27. The van der Waals surface area contributed by atoms with E-state index in [0.29, 0.717) is 0 Å². The van der Waals surface area contributed by atoms with Crippen molar-refractivity contribution in [2.45, 2.75) is 11.4 Å². The Balaban J connectivity index is 2.89. The van der Waals surface area contributed by atoms with Gasteiger partial charge in [-0.15, -0.1) is 0 Å². The van der Waals surface area contributed by atoms with Gasteiger partial charge in [0, 0.05) is 15.9 Å². The monoisotopic (exact) mass is 227 g/mol. The molecule has 0 aliphatic rings. The molecule has 0 amide bonds. The van der Waals surface area contributed by atoms with E-state index in [2.05, 4.69) is 30.6 Å². The van der Waals surface area contributed by atoms with Gasteiger partial charge in [0.15, 0.2) is 5.82 Å². The second-order valence-corrected chi connectivity index (χ2v) is 2.71.